The predicted molar refractivity (Wildman–Crippen MR) is 257 cm³/mol. The molecule has 0 amide bonds. The van der Waals surface area contributed by atoms with Crippen LogP contribution in [0.15, 0.2) is 224 Å². The number of rotatable bonds is 7. The normalized spacial score (nSPS) is 12.6. The quantitative estimate of drug-likeness (QED) is 0.161. The minimum Gasteiger partial charge on any atom is -0.208 e. The third-order valence-electron chi connectivity index (χ3n) is 12.4. The third kappa shape index (κ3) is 5.91. The molecular weight excluding hydrogens is 771 g/mol. The molecular formula is C58H37N3S. The number of hydrogen-bond donors (Lipinski definition) is 0. The van der Waals surface area contributed by atoms with Gasteiger partial charge in [-0.15, -0.1) is 11.3 Å². The van der Waals surface area contributed by atoms with Crippen molar-refractivity contribution in [2.24, 2.45) is 0 Å². The second-order valence-electron chi connectivity index (χ2n) is 15.9. The standard InChI is InChI=1S/C58H37N3S/c1-4-16-38(17-5-1)41-22-14-23-42(34-41)43-24-15-25-45(35-43)58(51-28-12-10-26-47(51)48-27-11-13-29-52(48)58)46-31-33-50-49-32-30-44(36-53(49)62-54(50)37-46)57-60-55(39-18-6-2-7-19-39)59-56(61-57)40-20-8-3-9-21-40/h1-37H. The Kier molecular flexibility index (Phi) is 8.58. The van der Waals surface area contributed by atoms with Crippen molar-refractivity contribution in [1.82, 2.24) is 15.0 Å². The van der Waals surface area contributed by atoms with Gasteiger partial charge >= 0.3 is 0 Å². The smallest absolute Gasteiger partial charge is 0.164 e. The van der Waals surface area contributed by atoms with Crippen LogP contribution in [-0.4, -0.2) is 15.0 Å². The summed E-state index contributed by atoms with van der Waals surface area (Å²) in [6.07, 6.45) is 0. The Balaban J connectivity index is 1.02. The zero-order valence-electron chi connectivity index (χ0n) is 33.6. The van der Waals surface area contributed by atoms with Gasteiger partial charge in [-0.3, -0.25) is 0 Å². The molecule has 0 atom stereocenters. The van der Waals surface area contributed by atoms with Crippen molar-refractivity contribution in [3.8, 4) is 67.5 Å². The lowest BCUT2D eigenvalue weighted by Gasteiger charge is -2.34. The molecule has 9 aromatic carbocycles. The topological polar surface area (TPSA) is 38.7 Å². The van der Waals surface area contributed by atoms with E-state index in [0.717, 1.165) is 16.7 Å². The first-order chi connectivity index (χ1) is 30.7. The van der Waals surface area contributed by atoms with Crippen molar-refractivity contribution in [2.75, 3.05) is 0 Å². The molecule has 0 saturated heterocycles. The highest BCUT2D eigenvalue weighted by Crippen LogP contribution is 2.57. The van der Waals surface area contributed by atoms with Gasteiger partial charge in [-0.05, 0) is 79.9 Å². The van der Waals surface area contributed by atoms with Gasteiger partial charge in [0.05, 0.1) is 5.41 Å². The van der Waals surface area contributed by atoms with Crippen LogP contribution in [0.4, 0.5) is 0 Å². The Morgan fingerprint density at radius 2 is 0.726 bits per heavy atom. The van der Waals surface area contributed by atoms with Crippen molar-refractivity contribution in [3.05, 3.63) is 247 Å². The molecule has 0 saturated carbocycles. The first kappa shape index (κ1) is 36.1. The monoisotopic (exact) mass is 807 g/mol. The van der Waals surface area contributed by atoms with E-state index in [4.69, 9.17) is 15.0 Å². The van der Waals surface area contributed by atoms with Crippen LogP contribution in [0, 0.1) is 0 Å². The van der Waals surface area contributed by atoms with Crippen LogP contribution in [-0.2, 0) is 5.41 Å². The molecule has 11 aromatic rings. The summed E-state index contributed by atoms with van der Waals surface area (Å²) < 4.78 is 2.44. The highest BCUT2D eigenvalue weighted by molar-refractivity contribution is 7.25. The zero-order chi connectivity index (χ0) is 41.0. The first-order valence-corrected chi connectivity index (χ1v) is 21.8. The van der Waals surface area contributed by atoms with Gasteiger partial charge in [-0.1, -0.05) is 200 Å². The SMILES string of the molecule is c1ccc(-c2cccc(-c3cccc(C4(c5ccc6c(c5)sc5cc(-c7nc(-c8ccccc8)nc(-c8ccccc8)n7)ccc56)c5ccccc5-c5ccccc54)c3)c2)cc1. The number of nitrogens with zero attached hydrogens (tertiary/aromatic N) is 3. The van der Waals surface area contributed by atoms with Crippen LogP contribution < -0.4 is 0 Å². The van der Waals surface area contributed by atoms with E-state index in [2.05, 4.69) is 164 Å². The molecule has 0 fully saturated rings. The highest BCUT2D eigenvalue weighted by Gasteiger charge is 2.46. The average Bonchev–Trinajstić information content (AvgIpc) is 3.88. The molecule has 0 bridgehead atoms. The summed E-state index contributed by atoms with van der Waals surface area (Å²) in [6, 6.07) is 80.9. The first-order valence-electron chi connectivity index (χ1n) is 21.0. The van der Waals surface area contributed by atoms with Gasteiger partial charge in [-0.25, -0.2) is 15.0 Å². The van der Waals surface area contributed by atoms with Crippen LogP contribution in [0.5, 0.6) is 0 Å². The van der Waals surface area contributed by atoms with Crippen molar-refractivity contribution >= 4 is 31.5 Å². The summed E-state index contributed by atoms with van der Waals surface area (Å²) >= 11 is 1.83. The highest BCUT2D eigenvalue weighted by atomic mass is 32.1. The summed E-state index contributed by atoms with van der Waals surface area (Å²) in [5.74, 6) is 1.97. The molecule has 0 spiro atoms. The number of thiophene rings is 1. The van der Waals surface area contributed by atoms with E-state index in [1.165, 1.54) is 75.8 Å². The maximum atomic E-state index is 5.04. The number of hydrogen-bond acceptors (Lipinski definition) is 4. The van der Waals surface area contributed by atoms with Crippen LogP contribution in [0.3, 0.4) is 0 Å². The number of aromatic nitrogens is 3. The summed E-state index contributed by atoms with van der Waals surface area (Å²) in [5, 5.41) is 2.47. The van der Waals surface area contributed by atoms with E-state index < -0.39 is 5.41 Å². The third-order valence-corrected chi connectivity index (χ3v) is 13.5. The predicted octanol–water partition coefficient (Wildman–Crippen LogP) is 14.9. The molecule has 62 heavy (non-hydrogen) atoms. The number of benzene rings is 9. The molecule has 0 N–H and O–H groups in total. The van der Waals surface area contributed by atoms with Crippen molar-refractivity contribution in [3.63, 3.8) is 0 Å². The van der Waals surface area contributed by atoms with Crippen molar-refractivity contribution in [2.45, 2.75) is 5.41 Å². The lowest BCUT2D eigenvalue weighted by molar-refractivity contribution is 0.770. The second kappa shape index (κ2) is 14.7. The molecule has 0 radical (unpaired) electrons. The van der Waals surface area contributed by atoms with Crippen molar-refractivity contribution < 1.29 is 0 Å². The Hall–Kier alpha value is -7.79. The van der Waals surface area contributed by atoms with E-state index in [1.54, 1.807) is 0 Å². The molecule has 12 rings (SSSR count). The maximum Gasteiger partial charge on any atom is 0.164 e. The van der Waals surface area contributed by atoms with Gasteiger partial charge in [0.25, 0.3) is 0 Å². The molecule has 4 heteroatoms. The lowest BCUT2D eigenvalue weighted by atomic mass is 9.67. The van der Waals surface area contributed by atoms with Gasteiger partial charge in [0, 0.05) is 36.9 Å². The zero-order valence-corrected chi connectivity index (χ0v) is 34.4. The van der Waals surface area contributed by atoms with Gasteiger partial charge in [0.15, 0.2) is 17.5 Å². The van der Waals surface area contributed by atoms with Crippen LogP contribution >= 0.6 is 11.3 Å². The maximum absolute atomic E-state index is 5.04. The molecule has 1 aliphatic carbocycles. The van der Waals surface area contributed by atoms with E-state index in [0.29, 0.717) is 17.5 Å². The lowest BCUT2D eigenvalue weighted by Crippen LogP contribution is -2.28. The van der Waals surface area contributed by atoms with Gasteiger partial charge in [0.1, 0.15) is 0 Å². The Morgan fingerprint density at radius 3 is 1.34 bits per heavy atom. The Bertz CT molecular complexity index is 3360. The summed E-state index contributed by atoms with van der Waals surface area (Å²) in [4.78, 5) is 15.0. The summed E-state index contributed by atoms with van der Waals surface area (Å²) in [5.41, 5.74) is 14.8. The molecule has 1 aliphatic rings. The fourth-order valence-corrected chi connectivity index (χ4v) is 10.7. The van der Waals surface area contributed by atoms with E-state index in [-0.39, 0.29) is 0 Å². The molecule has 0 aliphatic heterocycles. The van der Waals surface area contributed by atoms with Gasteiger partial charge in [0.2, 0.25) is 0 Å². The van der Waals surface area contributed by atoms with Gasteiger partial charge < -0.3 is 0 Å². The Morgan fingerprint density at radius 1 is 0.290 bits per heavy atom. The van der Waals surface area contributed by atoms with E-state index >= 15 is 0 Å². The molecule has 0 unspecified atom stereocenters. The van der Waals surface area contributed by atoms with E-state index in [9.17, 15) is 0 Å². The summed E-state index contributed by atoms with van der Waals surface area (Å²) in [6.45, 7) is 0. The van der Waals surface area contributed by atoms with Crippen LogP contribution in [0.1, 0.15) is 22.3 Å². The minimum absolute atomic E-state index is 0.539. The van der Waals surface area contributed by atoms with Crippen LogP contribution in [0.2, 0.25) is 0 Å². The second-order valence-corrected chi connectivity index (χ2v) is 17.0. The molecule has 2 heterocycles. The molecule has 3 nitrogen and oxygen atoms in total. The molecule has 2 aromatic heterocycles. The largest absolute Gasteiger partial charge is 0.208 e. The summed E-state index contributed by atoms with van der Waals surface area (Å²) in [7, 11) is 0. The number of fused-ring (bicyclic) bond motifs is 6. The Labute approximate surface area is 364 Å². The fourth-order valence-electron chi connectivity index (χ4n) is 9.55. The fraction of sp³-hybridized carbons (Fsp3) is 0.0172. The van der Waals surface area contributed by atoms with E-state index in [1.807, 2.05) is 72.0 Å². The molecule has 290 valence electrons. The minimum atomic E-state index is -0.539. The average molecular weight is 808 g/mol. The van der Waals surface area contributed by atoms with Crippen molar-refractivity contribution in [1.29, 1.82) is 0 Å². The van der Waals surface area contributed by atoms with Gasteiger partial charge in [-0.2, -0.15) is 0 Å². The van der Waals surface area contributed by atoms with Crippen LogP contribution in [0.25, 0.3) is 87.7 Å².